The van der Waals surface area contributed by atoms with Gasteiger partial charge in [-0.15, -0.1) is 0 Å². The zero-order chi connectivity index (χ0) is 14.0. The lowest BCUT2D eigenvalue weighted by atomic mass is 9.99. The minimum atomic E-state index is -0.329. The maximum atomic E-state index is 12.7. The van der Waals surface area contributed by atoms with Crippen LogP contribution in [0.25, 0.3) is 0 Å². The molecule has 0 bridgehead atoms. The van der Waals surface area contributed by atoms with Crippen molar-refractivity contribution in [3.63, 3.8) is 0 Å². The lowest BCUT2D eigenvalue weighted by molar-refractivity contribution is -0.133. The van der Waals surface area contributed by atoms with Crippen LogP contribution >= 0.6 is 0 Å². The molecule has 1 heterocycles. The molecular formula is C16H30N2O. The number of nitrogens with one attached hydrogen (secondary N) is 1. The van der Waals surface area contributed by atoms with Gasteiger partial charge in [-0.05, 0) is 44.4 Å². The van der Waals surface area contributed by atoms with E-state index in [1.165, 1.54) is 25.7 Å². The molecule has 0 radical (unpaired) electrons. The monoisotopic (exact) mass is 266 g/mol. The van der Waals surface area contributed by atoms with Crippen LogP contribution in [-0.4, -0.2) is 29.1 Å². The molecule has 2 aliphatic rings. The van der Waals surface area contributed by atoms with Crippen molar-refractivity contribution in [2.24, 2.45) is 11.8 Å². The minimum Gasteiger partial charge on any atom is -0.325 e. The summed E-state index contributed by atoms with van der Waals surface area (Å²) in [6.07, 6.45) is 7.50. The Morgan fingerprint density at radius 2 is 2.00 bits per heavy atom. The van der Waals surface area contributed by atoms with Crippen molar-refractivity contribution in [3.05, 3.63) is 0 Å². The van der Waals surface area contributed by atoms with E-state index in [0.29, 0.717) is 23.9 Å². The molecule has 2 fully saturated rings. The van der Waals surface area contributed by atoms with Crippen LogP contribution in [0.5, 0.6) is 0 Å². The SMILES string of the molecule is CCC1(C)NC(C2CCCC2)N(CCC(C)C)C1=O. The fourth-order valence-electron chi connectivity index (χ4n) is 3.45. The van der Waals surface area contributed by atoms with Crippen LogP contribution < -0.4 is 5.32 Å². The summed E-state index contributed by atoms with van der Waals surface area (Å²) in [5, 5.41) is 3.66. The first-order valence-electron chi connectivity index (χ1n) is 8.06. The van der Waals surface area contributed by atoms with E-state index in [9.17, 15) is 4.79 Å². The second kappa shape index (κ2) is 5.82. The zero-order valence-corrected chi connectivity index (χ0v) is 13.0. The van der Waals surface area contributed by atoms with E-state index in [0.717, 1.165) is 19.4 Å². The van der Waals surface area contributed by atoms with Crippen LogP contribution in [0.4, 0.5) is 0 Å². The van der Waals surface area contributed by atoms with Crippen molar-refractivity contribution in [3.8, 4) is 0 Å². The first kappa shape index (κ1) is 14.8. The van der Waals surface area contributed by atoms with E-state index in [4.69, 9.17) is 0 Å². The first-order valence-corrected chi connectivity index (χ1v) is 8.06. The van der Waals surface area contributed by atoms with Gasteiger partial charge in [0.2, 0.25) is 5.91 Å². The van der Waals surface area contributed by atoms with Gasteiger partial charge in [0.1, 0.15) is 0 Å². The number of amides is 1. The number of nitrogens with zero attached hydrogens (tertiary/aromatic N) is 1. The van der Waals surface area contributed by atoms with Crippen molar-refractivity contribution in [1.82, 2.24) is 10.2 Å². The van der Waals surface area contributed by atoms with Crippen LogP contribution in [0, 0.1) is 11.8 Å². The van der Waals surface area contributed by atoms with Gasteiger partial charge in [0.15, 0.2) is 0 Å². The molecular weight excluding hydrogens is 236 g/mol. The summed E-state index contributed by atoms with van der Waals surface area (Å²) < 4.78 is 0. The highest BCUT2D eigenvalue weighted by molar-refractivity contribution is 5.88. The van der Waals surface area contributed by atoms with Gasteiger partial charge >= 0.3 is 0 Å². The fourth-order valence-corrected chi connectivity index (χ4v) is 3.45. The van der Waals surface area contributed by atoms with Gasteiger partial charge in [0.05, 0.1) is 11.7 Å². The van der Waals surface area contributed by atoms with E-state index in [1.807, 2.05) is 0 Å². The van der Waals surface area contributed by atoms with E-state index in [1.54, 1.807) is 0 Å². The van der Waals surface area contributed by atoms with Crippen molar-refractivity contribution >= 4 is 5.91 Å². The summed E-state index contributed by atoms with van der Waals surface area (Å²) in [5.41, 5.74) is -0.329. The third-order valence-corrected chi connectivity index (χ3v) is 5.04. The highest BCUT2D eigenvalue weighted by Gasteiger charge is 2.49. The molecule has 1 amide bonds. The molecule has 1 aliphatic heterocycles. The van der Waals surface area contributed by atoms with Crippen LogP contribution in [-0.2, 0) is 4.79 Å². The van der Waals surface area contributed by atoms with Crippen molar-refractivity contribution in [1.29, 1.82) is 0 Å². The van der Waals surface area contributed by atoms with Gasteiger partial charge in [0, 0.05) is 6.54 Å². The zero-order valence-electron chi connectivity index (χ0n) is 13.0. The third-order valence-electron chi connectivity index (χ3n) is 5.04. The highest BCUT2D eigenvalue weighted by Crippen LogP contribution is 2.35. The topological polar surface area (TPSA) is 32.3 Å². The van der Waals surface area contributed by atoms with E-state index < -0.39 is 0 Å². The summed E-state index contributed by atoms with van der Waals surface area (Å²) in [7, 11) is 0. The Morgan fingerprint density at radius 3 is 2.53 bits per heavy atom. The van der Waals surface area contributed by atoms with Crippen LogP contribution in [0.1, 0.15) is 66.2 Å². The molecule has 2 rings (SSSR count). The van der Waals surface area contributed by atoms with Gasteiger partial charge in [-0.1, -0.05) is 33.6 Å². The van der Waals surface area contributed by atoms with Crippen molar-refractivity contribution in [2.45, 2.75) is 77.9 Å². The summed E-state index contributed by atoms with van der Waals surface area (Å²) in [6.45, 7) is 9.57. The molecule has 1 saturated heterocycles. The number of hydrogen-bond donors (Lipinski definition) is 1. The summed E-state index contributed by atoms with van der Waals surface area (Å²) in [6, 6.07) is 0. The summed E-state index contributed by atoms with van der Waals surface area (Å²) in [4.78, 5) is 14.9. The van der Waals surface area contributed by atoms with E-state index in [2.05, 4.69) is 37.9 Å². The quantitative estimate of drug-likeness (QED) is 0.829. The predicted octanol–water partition coefficient (Wildman–Crippen LogP) is 3.15. The number of rotatable bonds is 5. The molecule has 1 saturated carbocycles. The number of hydrogen-bond acceptors (Lipinski definition) is 2. The Balaban J connectivity index is 2.11. The molecule has 3 nitrogen and oxygen atoms in total. The van der Waals surface area contributed by atoms with Gasteiger partial charge in [-0.2, -0.15) is 0 Å². The second-order valence-electron chi connectivity index (χ2n) is 7.00. The molecule has 3 heteroatoms. The summed E-state index contributed by atoms with van der Waals surface area (Å²) >= 11 is 0. The largest absolute Gasteiger partial charge is 0.325 e. The molecule has 0 spiro atoms. The number of carbonyl (C=O) groups excluding carboxylic acids is 1. The Bertz CT molecular complexity index is 323. The average molecular weight is 266 g/mol. The second-order valence-corrected chi connectivity index (χ2v) is 7.00. The van der Waals surface area contributed by atoms with Gasteiger partial charge < -0.3 is 4.90 Å². The van der Waals surface area contributed by atoms with Crippen LogP contribution in [0.15, 0.2) is 0 Å². The average Bonchev–Trinajstić information content (AvgIpc) is 2.96. The van der Waals surface area contributed by atoms with E-state index >= 15 is 0 Å². The molecule has 1 aliphatic carbocycles. The summed E-state index contributed by atoms with van der Waals surface area (Å²) in [5.74, 6) is 1.66. The molecule has 0 aromatic rings. The number of carbonyl (C=O) groups is 1. The van der Waals surface area contributed by atoms with Crippen molar-refractivity contribution in [2.75, 3.05) is 6.54 Å². The fraction of sp³-hybridized carbons (Fsp3) is 0.938. The molecule has 1 N–H and O–H groups in total. The first-order chi connectivity index (χ1) is 8.98. The smallest absolute Gasteiger partial charge is 0.243 e. The lowest BCUT2D eigenvalue weighted by Gasteiger charge is -2.29. The predicted molar refractivity (Wildman–Crippen MR) is 78.7 cm³/mol. The van der Waals surface area contributed by atoms with Crippen LogP contribution in [0.3, 0.4) is 0 Å². The van der Waals surface area contributed by atoms with Crippen LogP contribution in [0.2, 0.25) is 0 Å². The van der Waals surface area contributed by atoms with Gasteiger partial charge in [0.25, 0.3) is 0 Å². The standard InChI is InChI=1S/C16H30N2O/c1-5-16(4)15(19)18(11-10-12(2)3)14(17-16)13-8-6-7-9-13/h12-14,17H,5-11H2,1-4H3. The maximum Gasteiger partial charge on any atom is 0.243 e. The highest BCUT2D eigenvalue weighted by atomic mass is 16.2. The molecule has 19 heavy (non-hydrogen) atoms. The molecule has 0 aromatic heterocycles. The Hall–Kier alpha value is -0.570. The van der Waals surface area contributed by atoms with Crippen molar-refractivity contribution < 1.29 is 4.79 Å². The molecule has 2 unspecified atom stereocenters. The Morgan fingerprint density at radius 1 is 1.37 bits per heavy atom. The Kier molecular flexibility index (Phi) is 4.54. The normalized spacial score (nSPS) is 32.8. The van der Waals surface area contributed by atoms with Gasteiger partial charge in [-0.3, -0.25) is 10.1 Å². The molecule has 0 aromatic carbocycles. The van der Waals surface area contributed by atoms with E-state index in [-0.39, 0.29) is 5.54 Å². The maximum absolute atomic E-state index is 12.7. The Labute approximate surface area is 118 Å². The lowest BCUT2D eigenvalue weighted by Crippen LogP contribution is -2.45. The minimum absolute atomic E-state index is 0.290. The third kappa shape index (κ3) is 2.96. The molecule has 110 valence electrons. The van der Waals surface area contributed by atoms with Gasteiger partial charge in [-0.25, -0.2) is 0 Å². The molecule has 2 atom stereocenters.